The van der Waals surface area contributed by atoms with Crippen LogP contribution in [0.15, 0.2) is 121 Å². The lowest BCUT2D eigenvalue weighted by Crippen LogP contribution is -1.86. The van der Waals surface area contributed by atoms with Gasteiger partial charge in [-0.1, -0.05) is 125 Å². The Balaban J connectivity index is 0.905. The van der Waals surface area contributed by atoms with E-state index in [4.69, 9.17) is 0 Å². The third-order valence-electron chi connectivity index (χ3n) is 11.5. The number of thiophene rings is 2. The van der Waals surface area contributed by atoms with Crippen LogP contribution in [0.3, 0.4) is 0 Å². The molecule has 0 saturated heterocycles. The maximum Gasteiger partial charge on any atom is 0.0355 e. The molecule has 0 amide bonds. The minimum absolute atomic E-state index is 1.18. The van der Waals surface area contributed by atoms with Gasteiger partial charge in [0.2, 0.25) is 0 Å². The van der Waals surface area contributed by atoms with Crippen LogP contribution in [-0.4, -0.2) is 0 Å². The summed E-state index contributed by atoms with van der Waals surface area (Å²) >= 11 is 3.75. The van der Waals surface area contributed by atoms with Gasteiger partial charge in [0.05, 0.1) is 0 Å². The first-order chi connectivity index (χ1) is 27.6. The highest BCUT2D eigenvalue weighted by molar-refractivity contribution is 7.20. The molecule has 0 aliphatic rings. The van der Waals surface area contributed by atoms with Crippen molar-refractivity contribution in [3.8, 4) is 0 Å². The summed E-state index contributed by atoms with van der Waals surface area (Å²) < 4.78 is 2.67. The van der Waals surface area contributed by atoms with Gasteiger partial charge in [-0.05, 0) is 175 Å². The summed E-state index contributed by atoms with van der Waals surface area (Å²) in [4.78, 5) is 2.57. The largest absolute Gasteiger partial charge is 0.136 e. The fourth-order valence-corrected chi connectivity index (χ4v) is 10.3. The van der Waals surface area contributed by atoms with Crippen molar-refractivity contribution in [1.82, 2.24) is 0 Å². The zero-order valence-electron chi connectivity index (χ0n) is 32.7. The molecular formula is C54H50S2. The first-order valence-corrected chi connectivity index (χ1v) is 22.5. The second-order valence-electron chi connectivity index (χ2n) is 15.8. The number of rotatable bonds is 14. The van der Waals surface area contributed by atoms with Crippen molar-refractivity contribution >= 4 is 110 Å². The van der Waals surface area contributed by atoms with Crippen molar-refractivity contribution < 1.29 is 0 Å². The minimum Gasteiger partial charge on any atom is -0.136 e. The van der Waals surface area contributed by atoms with Crippen molar-refractivity contribution in [1.29, 1.82) is 0 Å². The first-order valence-electron chi connectivity index (χ1n) is 20.8. The van der Waals surface area contributed by atoms with Crippen LogP contribution < -0.4 is 0 Å². The highest BCUT2D eigenvalue weighted by Gasteiger charge is 2.08. The van der Waals surface area contributed by atoms with E-state index in [1.807, 2.05) is 22.7 Å². The van der Waals surface area contributed by atoms with Crippen molar-refractivity contribution in [2.24, 2.45) is 0 Å². The topological polar surface area (TPSA) is 0 Å². The number of aryl methyl sites for hydroxylation is 2. The van der Waals surface area contributed by atoms with Crippen molar-refractivity contribution in [2.45, 2.75) is 78.1 Å². The Kier molecular flexibility index (Phi) is 10.9. The van der Waals surface area contributed by atoms with Crippen LogP contribution in [0, 0.1) is 0 Å². The highest BCUT2D eigenvalue weighted by Crippen LogP contribution is 2.36. The van der Waals surface area contributed by atoms with E-state index in [1.165, 1.54) is 159 Å². The van der Waals surface area contributed by atoms with E-state index in [9.17, 15) is 0 Å². The second-order valence-corrected chi connectivity index (χ2v) is 18.0. The number of fused-ring (bicyclic) bond motifs is 6. The molecule has 9 rings (SSSR count). The van der Waals surface area contributed by atoms with Crippen LogP contribution in [0.25, 0.3) is 87.6 Å². The summed E-state index contributed by atoms with van der Waals surface area (Å²) in [6.07, 6.45) is 21.9. The van der Waals surface area contributed by atoms with Crippen molar-refractivity contribution in [3.63, 3.8) is 0 Å². The van der Waals surface area contributed by atoms with Crippen LogP contribution in [0.4, 0.5) is 0 Å². The molecule has 7 aromatic carbocycles. The summed E-state index contributed by atoms with van der Waals surface area (Å²) in [6, 6.07) is 46.7. The minimum atomic E-state index is 1.18. The molecule has 0 nitrogen and oxygen atoms in total. The Morgan fingerprint density at radius 1 is 0.339 bits per heavy atom. The summed E-state index contributed by atoms with van der Waals surface area (Å²) in [7, 11) is 0. The molecule has 9 aromatic rings. The Hall–Kier alpha value is -5.02. The summed E-state index contributed by atoms with van der Waals surface area (Å²) in [5.74, 6) is 0. The molecule has 0 aliphatic carbocycles. The van der Waals surface area contributed by atoms with Gasteiger partial charge in [-0.15, -0.1) is 22.7 Å². The van der Waals surface area contributed by atoms with Crippen LogP contribution in [0.2, 0.25) is 0 Å². The Morgan fingerprint density at radius 3 is 1.21 bits per heavy atom. The zero-order valence-corrected chi connectivity index (χ0v) is 34.4. The summed E-state index contributed by atoms with van der Waals surface area (Å²) in [5, 5.41) is 13.1. The van der Waals surface area contributed by atoms with E-state index < -0.39 is 0 Å². The molecule has 0 saturated carbocycles. The lowest BCUT2D eigenvalue weighted by atomic mass is 10.0. The SMILES string of the molecule is CCCCCCc1ccc2cc(/C=C/c3cc4cc5cc6cc7cc(/C=C/c8ccc9cc(CCCCCC)ccc9c8)sc7cc6cc5cc4s3)ccc2c1. The molecule has 0 N–H and O–H groups in total. The Labute approximate surface area is 339 Å². The monoisotopic (exact) mass is 762 g/mol. The molecule has 0 bridgehead atoms. The zero-order chi connectivity index (χ0) is 37.8. The highest BCUT2D eigenvalue weighted by atomic mass is 32.1. The van der Waals surface area contributed by atoms with Crippen LogP contribution >= 0.6 is 22.7 Å². The third kappa shape index (κ3) is 8.24. The number of hydrogen-bond donors (Lipinski definition) is 0. The molecule has 278 valence electrons. The summed E-state index contributed by atoms with van der Waals surface area (Å²) in [5.41, 5.74) is 5.41. The normalized spacial score (nSPS) is 12.3. The molecule has 0 aliphatic heterocycles. The van der Waals surface area contributed by atoms with Crippen molar-refractivity contribution in [3.05, 3.63) is 153 Å². The molecule has 2 heterocycles. The fraction of sp³-hybridized carbons (Fsp3) is 0.222. The van der Waals surface area contributed by atoms with Gasteiger partial charge >= 0.3 is 0 Å². The molecule has 2 heteroatoms. The predicted octanol–water partition coefficient (Wildman–Crippen LogP) is 17.3. The molecule has 56 heavy (non-hydrogen) atoms. The van der Waals surface area contributed by atoms with E-state index in [2.05, 4.69) is 159 Å². The average Bonchev–Trinajstić information content (AvgIpc) is 3.82. The number of hydrogen-bond acceptors (Lipinski definition) is 2. The van der Waals surface area contributed by atoms with Gasteiger partial charge in [-0.3, -0.25) is 0 Å². The predicted molar refractivity (Wildman–Crippen MR) is 254 cm³/mol. The molecule has 0 fully saturated rings. The summed E-state index contributed by atoms with van der Waals surface area (Å²) in [6.45, 7) is 4.55. The van der Waals surface area contributed by atoms with Gasteiger partial charge in [-0.25, -0.2) is 0 Å². The molecule has 0 spiro atoms. The van der Waals surface area contributed by atoms with Crippen LogP contribution in [0.5, 0.6) is 0 Å². The van der Waals surface area contributed by atoms with Crippen molar-refractivity contribution in [2.75, 3.05) is 0 Å². The maximum absolute atomic E-state index is 2.38. The second kappa shape index (κ2) is 16.6. The van der Waals surface area contributed by atoms with E-state index in [0.717, 1.165) is 0 Å². The Morgan fingerprint density at radius 2 is 0.750 bits per heavy atom. The lowest BCUT2D eigenvalue weighted by Gasteiger charge is -2.05. The molecule has 2 aromatic heterocycles. The molecular weight excluding hydrogens is 713 g/mol. The molecule has 0 unspecified atom stereocenters. The van der Waals surface area contributed by atoms with Gasteiger partial charge < -0.3 is 0 Å². The van der Waals surface area contributed by atoms with Gasteiger partial charge in [0.25, 0.3) is 0 Å². The average molecular weight is 763 g/mol. The van der Waals surface area contributed by atoms with E-state index in [-0.39, 0.29) is 0 Å². The quantitative estimate of drug-likeness (QED) is 0.0764. The fourth-order valence-electron chi connectivity index (χ4n) is 8.30. The Bertz CT molecular complexity index is 2610. The van der Waals surface area contributed by atoms with Crippen LogP contribution in [-0.2, 0) is 12.8 Å². The maximum atomic E-state index is 2.38. The number of benzene rings is 7. The van der Waals surface area contributed by atoms with E-state index in [0.29, 0.717) is 0 Å². The van der Waals surface area contributed by atoms with Gasteiger partial charge in [0.15, 0.2) is 0 Å². The number of unbranched alkanes of at least 4 members (excludes halogenated alkanes) is 6. The molecule has 0 radical (unpaired) electrons. The van der Waals surface area contributed by atoms with Crippen LogP contribution in [0.1, 0.15) is 97.2 Å². The van der Waals surface area contributed by atoms with E-state index in [1.54, 1.807) is 0 Å². The van der Waals surface area contributed by atoms with E-state index >= 15 is 0 Å². The van der Waals surface area contributed by atoms with Gasteiger partial charge in [-0.2, -0.15) is 0 Å². The first kappa shape index (κ1) is 36.6. The lowest BCUT2D eigenvalue weighted by molar-refractivity contribution is 0.667. The van der Waals surface area contributed by atoms with Gasteiger partial charge in [0, 0.05) is 19.2 Å². The third-order valence-corrected chi connectivity index (χ3v) is 13.6. The standard InChI is InChI=1S/C54H50S2/c1-3-5-7-9-11-37-13-19-43-27-39(15-21-41(43)25-37)17-23-51-33-49-31-45-29-46-32-50-34-52(56-54(50)36-48(46)30-47(45)35-53(49)55-51)24-18-40-16-22-42-26-38(12-10-8-6-4-2)14-20-44(42)28-40/h13-36H,3-12H2,1-2H3/b23-17+,24-18+. The molecule has 0 atom stereocenters. The van der Waals surface area contributed by atoms with Gasteiger partial charge in [0.1, 0.15) is 0 Å². The smallest absolute Gasteiger partial charge is 0.0355 e.